The molecule has 3 aromatic rings. The highest BCUT2D eigenvalue weighted by Crippen LogP contribution is 2.26. The van der Waals surface area contributed by atoms with Crippen molar-refractivity contribution < 1.29 is 18.8 Å². The van der Waals surface area contributed by atoms with E-state index in [0.29, 0.717) is 6.54 Å². The summed E-state index contributed by atoms with van der Waals surface area (Å²) in [6.07, 6.45) is 0.943. The highest BCUT2D eigenvalue weighted by atomic mass is 19.1. The van der Waals surface area contributed by atoms with Crippen LogP contribution in [0.3, 0.4) is 0 Å². The molecule has 2 N–H and O–H groups in total. The van der Waals surface area contributed by atoms with Crippen LogP contribution in [0.1, 0.15) is 51.5 Å². The lowest BCUT2D eigenvalue weighted by Gasteiger charge is -2.40. The summed E-state index contributed by atoms with van der Waals surface area (Å²) in [6.45, 7) is 4.34. The molecule has 0 spiro atoms. The minimum absolute atomic E-state index is 0.0889. The summed E-state index contributed by atoms with van der Waals surface area (Å²) >= 11 is 0. The van der Waals surface area contributed by atoms with Crippen LogP contribution >= 0.6 is 0 Å². The van der Waals surface area contributed by atoms with Gasteiger partial charge in [0.25, 0.3) is 11.8 Å². The van der Waals surface area contributed by atoms with Gasteiger partial charge in [-0.3, -0.25) is 19.1 Å². The third-order valence-corrected chi connectivity index (χ3v) is 6.47. The third kappa shape index (κ3) is 4.94. The van der Waals surface area contributed by atoms with Crippen LogP contribution in [0.15, 0.2) is 54.6 Å². The van der Waals surface area contributed by atoms with E-state index in [-0.39, 0.29) is 36.2 Å². The number of nitrogens with one attached hydrogen (secondary N) is 2. The lowest BCUT2D eigenvalue weighted by Crippen LogP contribution is -2.62. The molecular weight excluding hydrogens is 449 g/mol. The van der Waals surface area contributed by atoms with Crippen LogP contribution in [0.4, 0.5) is 4.39 Å². The summed E-state index contributed by atoms with van der Waals surface area (Å²) in [6, 6.07) is 15.2. The molecule has 1 aromatic heterocycles. The van der Waals surface area contributed by atoms with Gasteiger partial charge in [-0.15, -0.1) is 0 Å². The number of benzene rings is 2. The molecule has 1 atom stereocenters. The van der Waals surface area contributed by atoms with Crippen LogP contribution in [0, 0.1) is 5.82 Å². The van der Waals surface area contributed by atoms with E-state index < -0.39 is 17.4 Å². The molecular formula is C26H28FN5O3. The molecule has 3 amide bonds. The van der Waals surface area contributed by atoms with Gasteiger partial charge in [-0.2, -0.15) is 5.10 Å². The Morgan fingerprint density at radius 3 is 2.20 bits per heavy atom. The predicted octanol–water partition coefficient (Wildman–Crippen LogP) is 2.68. The van der Waals surface area contributed by atoms with Gasteiger partial charge in [-0.25, -0.2) is 4.39 Å². The Morgan fingerprint density at radius 1 is 1.00 bits per heavy atom. The van der Waals surface area contributed by atoms with Crippen LogP contribution in [0.5, 0.6) is 0 Å². The van der Waals surface area contributed by atoms with Gasteiger partial charge in [-0.05, 0) is 42.2 Å². The second-order valence-corrected chi connectivity index (χ2v) is 8.87. The van der Waals surface area contributed by atoms with Crippen molar-refractivity contribution in [2.75, 3.05) is 7.05 Å². The monoisotopic (exact) mass is 477 g/mol. The molecule has 0 saturated carbocycles. The molecule has 1 unspecified atom stereocenters. The number of rotatable bonds is 7. The Hall–Kier alpha value is -4.01. The van der Waals surface area contributed by atoms with Crippen LogP contribution in [-0.2, 0) is 30.8 Å². The Bertz CT molecular complexity index is 1250. The maximum atomic E-state index is 13.1. The predicted molar refractivity (Wildman–Crippen MR) is 128 cm³/mol. The Morgan fingerprint density at radius 2 is 1.57 bits per heavy atom. The fourth-order valence-electron chi connectivity index (χ4n) is 3.98. The van der Waals surface area contributed by atoms with E-state index in [4.69, 9.17) is 0 Å². The standard InChI is InChI=1S/C26H28FN5O3/c1-4-17-5-7-18(8-6-17)14-28-23(33)21-13-22-24(34)31(3)26(2,16-32(22)30-21)25(35)29-15-19-9-11-20(27)12-10-19/h5-13H,4,14-16H2,1-3H3,(H,28,33)(H,29,35). The number of amides is 3. The van der Waals surface area contributed by atoms with Crippen molar-refractivity contribution in [1.29, 1.82) is 0 Å². The van der Waals surface area contributed by atoms with Gasteiger partial charge in [0, 0.05) is 26.2 Å². The molecule has 0 bridgehead atoms. The fourth-order valence-corrected chi connectivity index (χ4v) is 3.98. The first-order valence-corrected chi connectivity index (χ1v) is 11.5. The molecule has 0 radical (unpaired) electrons. The first kappa shape index (κ1) is 24.1. The summed E-state index contributed by atoms with van der Waals surface area (Å²) < 4.78 is 14.5. The fraction of sp³-hybridized carbons (Fsp3) is 0.308. The van der Waals surface area contributed by atoms with Crippen molar-refractivity contribution >= 4 is 17.7 Å². The summed E-state index contributed by atoms with van der Waals surface area (Å²) in [5, 5.41) is 9.96. The van der Waals surface area contributed by atoms with E-state index in [9.17, 15) is 18.8 Å². The molecule has 0 aliphatic carbocycles. The number of hydrogen-bond acceptors (Lipinski definition) is 4. The van der Waals surface area contributed by atoms with Crippen molar-refractivity contribution in [2.24, 2.45) is 0 Å². The van der Waals surface area contributed by atoms with E-state index >= 15 is 0 Å². The minimum atomic E-state index is -1.22. The second kappa shape index (κ2) is 9.69. The van der Waals surface area contributed by atoms with Gasteiger partial charge < -0.3 is 15.5 Å². The van der Waals surface area contributed by atoms with Gasteiger partial charge in [0.1, 0.15) is 17.1 Å². The molecule has 8 nitrogen and oxygen atoms in total. The number of aryl methyl sites for hydroxylation is 1. The molecule has 0 fully saturated rings. The molecule has 9 heteroatoms. The number of carbonyl (C=O) groups excluding carboxylic acids is 3. The molecule has 0 saturated heterocycles. The van der Waals surface area contributed by atoms with Crippen molar-refractivity contribution in [3.63, 3.8) is 0 Å². The number of carbonyl (C=O) groups is 3. The molecule has 1 aliphatic heterocycles. The average Bonchev–Trinajstić information content (AvgIpc) is 3.29. The lowest BCUT2D eigenvalue weighted by molar-refractivity contribution is -0.132. The summed E-state index contributed by atoms with van der Waals surface area (Å²) in [5.41, 5.74) is 2.05. The molecule has 35 heavy (non-hydrogen) atoms. The maximum absolute atomic E-state index is 13.1. The highest BCUT2D eigenvalue weighted by Gasteiger charge is 2.46. The largest absolute Gasteiger partial charge is 0.350 e. The first-order valence-electron chi connectivity index (χ1n) is 11.5. The SMILES string of the molecule is CCc1ccc(CNC(=O)c2cc3n(n2)CC(C)(C(=O)NCc2ccc(F)cc2)N(C)C3=O)cc1. The number of aromatic nitrogens is 2. The smallest absolute Gasteiger partial charge is 0.272 e. The van der Waals surface area contributed by atoms with E-state index in [1.54, 1.807) is 26.1 Å². The zero-order valence-corrected chi connectivity index (χ0v) is 20.0. The van der Waals surface area contributed by atoms with Crippen molar-refractivity contribution in [3.8, 4) is 0 Å². The maximum Gasteiger partial charge on any atom is 0.272 e. The molecule has 2 heterocycles. The van der Waals surface area contributed by atoms with Gasteiger partial charge in [-0.1, -0.05) is 43.3 Å². The van der Waals surface area contributed by atoms with Crippen molar-refractivity contribution in [2.45, 2.75) is 45.4 Å². The van der Waals surface area contributed by atoms with E-state index in [2.05, 4.69) is 22.7 Å². The topological polar surface area (TPSA) is 96.3 Å². The van der Waals surface area contributed by atoms with Gasteiger partial charge >= 0.3 is 0 Å². The first-order chi connectivity index (χ1) is 16.7. The lowest BCUT2D eigenvalue weighted by atomic mass is 9.96. The number of hydrogen-bond donors (Lipinski definition) is 2. The second-order valence-electron chi connectivity index (χ2n) is 8.87. The van der Waals surface area contributed by atoms with Crippen LogP contribution in [0.25, 0.3) is 0 Å². The average molecular weight is 478 g/mol. The summed E-state index contributed by atoms with van der Waals surface area (Å²) in [5.74, 6) is -1.53. The van der Waals surface area contributed by atoms with E-state index in [1.807, 2.05) is 24.3 Å². The number of fused-ring (bicyclic) bond motifs is 1. The van der Waals surface area contributed by atoms with Crippen LogP contribution in [-0.4, -0.2) is 45.0 Å². The molecule has 4 rings (SSSR count). The Labute approximate surface area is 203 Å². The number of likely N-dealkylation sites (N-methyl/N-ethyl adjacent to an activating group) is 1. The van der Waals surface area contributed by atoms with Gasteiger partial charge in [0.2, 0.25) is 5.91 Å². The summed E-state index contributed by atoms with van der Waals surface area (Å²) in [4.78, 5) is 40.2. The Balaban J connectivity index is 1.44. The van der Waals surface area contributed by atoms with Gasteiger partial charge in [0.15, 0.2) is 5.69 Å². The van der Waals surface area contributed by atoms with Crippen LogP contribution < -0.4 is 10.6 Å². The van der Waals surface area contributed by atoms with E-state index in [0.717, 1.165) is 17.5 Å². The summed E-state index contributed by atoms with van der Waals surface area (Å²) in [7, 11) is 1.55. The normalized spacial score (nSPS) is 17.1. The van der Waals surface area contributed by atoms with Crippen molar-refractivity contribution in [3.05, 3.63) is 88.5 Å². The van der Waals surface area contributed by atoms with E-state index in [1.165, 1.54) is 33.3 Å². The molecule has 2 aromatic carbocycles. The number of nitrogens with zero attached hydrogens (tertiary/aromatic N) is 3. The minimum Gasteiger partial charge on any atom is -0.350 e. The quantitative estimate of drug-likeness (QED) is 0.547. The van der Waals surface area contributed by atoms with Gasteiger partial charge in [0.05, 0.1) is 6.54 Å². The molecule has 182 valence electrons. The highest BCUT2D eigenvalue weighted by molar-refractivity contribution is 6.01. The molecule has 1 aliphatic rings. The number of halogens is 1. The zero-order chi connectivity index (χ0) is 25.2. The van der Waals surface area contributed by atoms with Crippen LogP contribution in [0.2, 0.25) is 0 Å². The Kier molecular flexibility index (Phi) is 6.68. The zero-order valence-electron chi connectivity index (χ0n) is 20.0. The van der Waals surface area contributed by atoms with Crippen molar-refractivity contribution in [1.82, 2.24) is 25.3 Å². The third-order valence-electron chi connectivity index (χ3n) is 6.47.